The van der Waals surface area contributed by atoms with Crippen LogP contribution in [-0.4, -0.2) is 30.2 Å². The van der Waals surface area contributed by atoms with Crippen molar-refractivity contribution in [2.24, 2.45) is 5.73 Å². The average molecular weight is 200 g/mol. The van der Waals surface area contributed by atoms with E-state index in [1.54, 1.807) is 0 Å². The van der Waals surface area contributed by atoms with Crippen molar-refractivity contribution in [3.8, 4) is 0 Å². The van der Waals surface area contributed by atoms with Crippen molar-refractivity contribution in [2.45, 2.75) is 51.4 Å². The Labute approximate surface area is 85.2 Å². The Morgan fingerprint density at radius 1 is 1.50 bits per heavy atom. The van der Waals surface area contributed by atoms with Gasteiger partial charge in [0.1, 0.15) is 6.10 Å². The number of hydrogen-bond acceptors (Lipinski definition) is 3. The minimum atomic E-state index is -0.303. The molecule has 0 aromatic carbocycles. The maximum Gasteiger partial charge on any atom is 0.249 e. The van der Waals surface area contributed by atoms with Crippen LogP contribution in [0.15, 0.2) is 0 Å². The molecule has 0 aromatic rings. The molecular formula is C10H20N2O2. The number of ether oxygens (including phenoxy) is 1. The summed E-state index contributed by atoms with van der Waals surface area (Å²) >= 11 is 0. The summed E-state index contributed by atoms with van der Waals surface area (Å²) in [5.41, 5.74) is 5.27. The first kappa shape index (κ1) is 11.5. The van der Waals surface area contributed by atoms with Crippen LogP contribution in [0.3, 0.4) is 0 Å². The van der Waals surface area contributed by atoms with E-state index in [0.717, 1.165) is 12.8 Å². The minimum absolute atomic E-state index is 0.0200. The highest BCUT2D eigenvalue weighted by Gasteiger charge is 2.31. The molecule has 0 aliphatic carbocycles. The Morgan fingerprint density at radius 2 is 2.14 bits per heavy atom. The number of nitrogens with two attached hydrogens (primary N) is 1. The van der Waals surface area contributed by atoms with Gasteiger partial charge in [-0.05, 0) is 33.6 Å². The molecule has 2 atom stereocenters. The lowest BCUT2D eigenvalue weighted by molar-refractivity contribution is -0.133. The van der Waals surface area contributed by atoms with Crippen LogP contribution in [0.4, 0.5) is 0 Å². The molecule has 4 nitrogen and oxygen atoms in total. The van der Waals surface area contributed by atoms with Crippen LogP contribution >= 0.6 is 0 Å². The van der Waals surface area contributed by atoms with Gasteiger partial charge in [0, 0.05) is 12.1 Å². The van der Waals surface area contributed by atoms with E-state index in [4.69, 9.17) is 10.5 Å². The molecule has 4 heteroatoms. The fourth-order valence-corrected chi connectivity index (χ4v) is 1.52. The number of hydrogen-bond donors (Lipinski definition) is 2. The van der Waals surface area contributed by atoms with Crippen molar-refractivity contribution >= 4 is 5.91 Å². The van der Waals surface area contributed by atoms with Crippen LogP contribution in [-0.2, 0) is 9.53 Å². The van der Waals surface area contributed by atoms with Gasteiger partial charge < -0.3 is 15.8 Å². The molecule has 1 fully saturated rings. The van der Waals surface area contributed by atoms with E-state index in [9.17, 15) is 4.79 Å². The van der Waals surface area contributed by atoms with Gasteiger partial charge in [-0.25, -0.2) is 0 Å². The van der Waals surface area contributed by atoms with E-state index in [-0.39, 0.29) is 23.7 Å². The number of carbonyl (C=O) groups is 1. The summed E-state index contributed by atoms with van der Waals surface area (Å²) in [4.78, 5) is 11.6. The number of amides is 1. The molecule has 1 amide bonds. The number of carbonyl (C=O) groups excluding carboxylic acids is 1. The molecule has 0 spiro atoms. The molecule has 14 heavy (non-hydrogen) atoms. The zero-order valence-electron chi connectivity index (χ0n) is 9.17. The van der Waals surface area contributed by atoms with E-state index in [1.807, 2.05) is 20.8 Å². The van der Waals surface area contributed by atoms with Crippen molar-refractivity contribution in [1.82, 2.24) is 5.32 Å². The monoisotopic (exact) mass is 200 g/mol. The molecule has 1 rings (SSSR count). The smallest absolute Gasteiger partial charge is 0.249 e. The van der Waals surface area contributed by atoms with Gasteiger partial charge in [0.25, 0.3) is 0 Å². The number of nitrogens with one attached hydrogen (secondary N) is 1. The summed E-state index contributed by atoms with van der Waals surface area (Å²) in [6.45, 7) is 6.38. The normalized spacial score (nSPS) is 27.7. The van der Waals surface area contributed by atoms with E-state index < -0.39 is 0 Å². The molecule has 0 bridgehead atoms. The lowest BCUT2D eigenvalue weighted by Gasteiger charge is -2.23. The highest BCUT2D eigenvalue weighted by Crippen LogP contribution is 2.19. The van der Waals surface area contributed by atoms with Crippen LogP contribution in [0.25, 0.3) is 0 Å². The van der Waals surface area contributed by atoms with Crippen molar-refractivity contribution in [2.75, 3.05) is 6.54 Å². The Hall–Kier alpha value is -0.610. The van der Waals surface area contributed by atoms with Gasteiger partial charge in [0.2, 0.25) is 5.91 Å². The highest BCUT2D eigenvalue weighted by atomic mass is 16.5. The van der Waals surface area contributed by atoms with Gasteiger partial charge in [0.15, 0.2) is 0 Å². The van der Waals surface area contributed by atoms with Crippen LogP contribution in [0.2, 0.25) is 0 Å². The lowest BCUT2D eigenvalue weighted by Crippen LogP contribution is -2.46. The zero-order valence-corrected chi connectivity index (χ0v) is 9.17. The van der Waals surface area contributed by atoms with Crippen molar-refractivity contribution in [3.63, 3.8) is 0 Å². The fourth-order valence-electron chi connectivity index (χ4n) is 1.52. The van der Waals surface area contributed by atoms with Crippen molar-refractivity contribution < 1.29 is 9.53 Å². The summed E-state index contributed by atoms with van der Waals surface area (Å²) in [5.74, 6) is -0.0200. The van der Waals surface area contributed by atoms with Gasteiger partial charge in [0.05, 0.1) is 6.10 Å². The molecular weight excluding hydrogens is 180 g/mol. The molecule has 0 radical (unpaired) electrons. The second kappa shape index (κ2) is 4.28. The third-order valence-corrected chi connectivity index (χ3v) is 2.16. The van der Waals surface area contributed by atoms with Crippen LogP contribution < -0.4 is 11.1 Å². The summed E-state index contributed by atoms with van der Waals surface area (Å²) in [6.07, 6.45) is 1.43. The molecule has 1 heterocycles. The predicted molar refractivity (Wildman–Crippen MR) is 54.8 cm³/mol. The fraction of sp³-hybridized carbons (Fsp3) is 0.900. The van der Waals surface area contributed by atoms with Crippen molar-refractivity contribution in [3.05, 3.63) is 0 Å². The topological polar surface area (TPSA) is 64.4 Å². The molecule has 82 valence electrons. The second-order valence-corrected chi connectivity index (χ2v) is 4.80. The maximum absolute atomic E-state index is 11.6. The molecule has 0 saturated carbocycles. The van der Waals surface area contributed by atoms with Crippen molar-refractivity contribution in [1.29, 1.82) is 0 Å². The van der Waals surface area contributed by atoms with Gasteiger partial charge in [-0.2, -0.15) is 0 Å². The Kier molecular flexibility index (Phi) is 3.50. The zero-order chi connectivity index (χ0) is 10.8. The minimum Gasteiger partial charge on any atom is -0.364 e. The Balaban J connectivity index is 2.40. The van der Waals surface area contributed by atoms with Crippen LogP contribution in [0, 0.1) is 0 Å². The van der Waals surface area contributed by atoms with E-state index >= 15 is 0 Å². The third kappa shape index (κ3) is 3.27. The largest absolute Gasteiger partial charge is 0.364 e. The average Bonchev–Trinajstić information content (AvgIpc) is 2.48. The third-order valence-electron chi connectivity index (χ3n) is 2.16. The van der Waals surface area contributed by atoms with Gasteiger partial charge in [-0.15, -0.1) is 0 Å². The first-order valence-corrected chi connectivity index (χ1v) is 5.10. The second-order valence-electron chi connectivity index (χ2n) is 4.80. The summed E-state index contributed by atoms with van der Waals surface area (Å²) < 4.78 is 5.48. The Bertz CT molecular complexity index is 211. The first-order valence-electron chi connectivity index (χ1n) is 5.10. The van der Waals surface area contributed by atoms with Crippen LogP contribution in [0.1, 0.15) is 33.6 Å². The highest BCUT2D eigenvalue weighted by molar-refractivity contribution is 5.81. The quantitative estimate of drug-likeness (QED) is 0.678. The summed E-state index contributed by atoms with van der Waals surface area (Å²) in [6, 6.07) is 0. The molecule has 1 saturated heterocycles. The molecule has 2 unspecified atom stereocenters. The summed E-state index contributed by atoms with van der Waals surface area (Å²) in [5, 5.41) is 2.90. The van der Waals surface area contributed by atoms with E-state index in [1.165, 1.54) is 0 Å². The van der Waals surface area contributed by atoms with Crippen LogP contribution in [0.5, 0.6) is 0 Å². The summed E-state index contributed by atoms with van der Waals surface area (Å²) in [7, 11) is 0. The molecule has 1 aliphatic heterocycles. The lowest BCUT2D eigenvalue weighted by atomic mass is 10.1. The van der Waals surface area contributed by atoms with Gasteiger partial charge in [-0.3, -0.25) is 4.79 Å². The maximum atomic E-state index is 11.6. The van der Waals surface area contributed by atoms with E-state index in [0.29, 0.717) is 6.54 Å². The predicted octanol–water partition coefficient (Wildman–Crippen LogP) is 0.407. The Morgan fingerprint density at radius 3 is 2.57 bits per heavy atom. The van der Waals surface area contributed by atoms with Gasteiger partial charge in [-0.1, -0.05) is 0 Å². The molecule has 1 aliphatic rings. The molecule has 3 N–H and O–H groups in total. The number of rotatable bonds is 2. The molecule has 0 aromatic heterocycles. The standard InChI is InChI=1S/C10H20N2O2/c1-10(2,3)12-9(13)8-5-4-7(6-11)14-8/h7-8H,4-6,11H2,1-3H3,(H,12,13). The first-order chi connectivity index (χ1) is 6.42. The van der Waals surface area contributed by atoms with Gasteiger partial charge >= 0.3 is 0 Å². The SMILES string of the molecule is CC(C)(C)NC(=O)C1CCC(CN)O1. The van der Waals surface area contributed by atoms with E-state index in [2.05, 4.69) is 5.32 Å².